The maximum Gasteiger partial charge on any atom is -1.00 e. The molecule has 19 heavy (non-hydrogen) atoms. The van der Waals surface area contributed by atoms with Crippen LogP contribution in [-0.4, -0.2) is 11.9 Å². The summed E-state index contributed by atoms with van der Waals surface area (Å²) in [5, 5.41) is 0. The van der Waals surface area contributed by atoms with Gasteiger partial charge in [-0.2, -0.15) is 0 Å². The topological polar surface area (TPSA) is 29.1 Å². The molecule has 0 heterocycles. The van der Waals surface area contributed by atoms with Gasteiger partial charge in [0.15, 0.2) is 0 Å². The monoisotopic (exact) mass is 488 g/mol. The predicted octanol–water partition coefficient (Wildman–Crippen LogP) is -2.95. The van der Waals surface area contributed by atoms with Crippen LogP contribution in [0.25, 0.3) is 0 Å². The van der Waals surface area contributed by atoms with Gasteiger partial charge in [0, 0.05) is 0 Å². The Kier molecular flexibility index (Phi) is 13.0. The Bertz CT molecular complexity index is 346. The molecule has 0 aromatic rings. The number of amides is 1. The first-order chi connectivity index (χ1) is 8.04. The third-order valence-electron chi connectivity index (χ3n) is 3.00. The van der Waals surface area contributed by atoms with Crippen LogP contribution in [0.3, 0.4) is 0 Å². The maximum absolute atomic E-state index is 11.9. The van der Waals surface area contributed by atoms with E-state index in [-0.39, 0.29) is 24.8 Å². The van der Waals surface area contributed by atoms with Gasteiger partial charge in [-0.3, -0.25) is 0 Å². The first kappa shape index (κ1) is 21.9. The van der Waals surface area contributed by atoms with E-state index >= 15 is 0 Å². The van der Waals surface area contributed by atoms with Gasteiger partial charge in [0.1, 0.15) is 0 Å². The van der Waals surface area contributed by atoms with Crippen LogP contribution in [0, 0.1) is 0 Å². The van der Waals surface area contributed by atoms with Crippen LogP contribution in [0.15, 0.2) is 21.1 Å². The Hall–Kier alpha value is 0.617. The molecule has 109 valence electrons. The fourth-order valence-electron chi connectivity index (χ4n) is 2.00. The van der Waals surface area contributed by atoms with Gasteiger partial charge in [0.05, 0.1) is 0 Å². The molecular weight excluding hydrogens is 464 g/mol. The van der Waals surface area contributed by atoms with Crippen molar-refractivity contribution in [3.63, 3.8) is 0 Å². The minimum Gasteiger partial charge on any atom is -1.00 e. The molecular formula is C13H24Cl2HfNOSi. The predicted molar refractivity (Wildman–Crippen MR) is 73.0 cm³/mol. The smallest absolute Gasteiger partial charge is 1.00 e. The zero-order chi connectivity index (χ0) is 12.8. The molecule has 0 fully saturated rings. The summed E-state index contributed by atoms with van der Waals surface area (Å²) in [6.07, 6.45) is 8.63. The summed E-state index contributed by atoms with van der Waals surface area (Å²) in [7, 11) is 0. The molecule has 0 radical (unpaired) electrons. The number of allylic oxidation sites excluding steroid dienone is 4. The van der Waals surface area contributed by atoms with E-state index in [0.717, 1.165) is 25.7 Å². The van der Waals surface area contributed by atoms with Crippen molar-refractivity contribution in [3.8, 4) is 0 Å². The molecule has 1 aliphatic rings. The van der Waals surface area contributed by atoms with E-state index in [1.54, 1.807) is 3.33 Å². The van der Waals surface area contributed by atoms with E-state index in [1.807, 2.05) is 0 Å². The van der Waals surface area contributed by atoms with E-state index in [1.165, 1.54) is 5.57 Å². The average Bonchev–Trinajstić information content (AvgIpc) is 2.69. The van der Waals surface area contributed by atoms with Crippen molar-refractivity contribution in [2.24, 2.45) is 0 Å². The van der Waals surface area contributed by atoms with Gasteiger partial charge < -0.3 is 24.8 Å². The minimum atomic E-state index is -1.95. The van der Waals surface area contributed by atoms with Gasteiger partial charge in [-0.05, 0) is 0 Å². The summed E-state index contributed by atoms with van der Waals surface area (Å²) in [6.45, 7) is 9.10. The number of unbranched alkanes of at least 4 members (excludes halogenated alkanes) is 1. The third-order valence-corrected chi connectivity index (χ3v) is 26.5. The summed E-state index contributed by atoms with van der Waals surface area (Å²) in [5.74, 6) is -0.356. The summed E-state index contributed by atoms with van der Waals surface area (Å²) in [6, 6.07) is 0. The fourth-order valence-corrected chi connectivity index (χ4v) is 21.7. The number of nitrogens with one attached hydrogen (secondary N) is 1. The molecule has 0 spiro atoms. The molecule has 0 bridgehead atoms. The second-order valence-electron chi connectivity index (χ2n) is 5.04. The van der Waals surface area contributed by atoms with Crippen molar-refractivity contribution in [2.75, 3.05) is 0 Å². The van der Waals surface area contributed by atoms with Gasteiger partial charge in [-0.1, -0.05) is 0 Å². The van der Waals surface area contributed by atoms with E-state index in [9.17, 15) is 4.79 Å². The van der Waals surface area contributed by atoms with Gasteiger partial charge in [0.2, 0.25) is 0 Å². The molecule has 0 atom stereocenters. The molecule has 1 rings (SSSR count). The maximum atomic E-state index is 11.9. The number of rotatable bonds is 6. The molecule has 1 aliphatic carbocycles. The van der Waals surface area contributed by atoms with Gasteiger partial charge in [0.25, 0.3) is 0 Å². The Morgan fingerprint density at radius 1 is 1.42 bits per heavy atom. The standard InChI is InChI=1S/C6H7.C5H11NO.C2H7Si.2ClH.Hf/c1-6-4-2-3-5-6;1-2-3-4-5(6)7;1-3-2;;;/h4-5H,2H2,1H3;2-4H2,1H3,(H2,6,7);3H,1-2H3;2*1H;/q;;;;;+3/p-3. The van der Waals surface area contributed by atoms with Crippen molar-refractivity contribution < 1.29 is 50.5 Å². The van der Waals surface area contributed by atoms with E-state index in [4.69, 9.17) is 0 Å². The number of carbonyl (C=O) groups is 1. The Balaban J connectivity index is 0. The van der Waals surface area contributed by atoms with Crippen molar-refractivity contribution in [3.05, 3.63) is 21.1 Å². The number of halogens is 2. The largest absolute Gasteiger partial charge is 1.00 e. The van der Waals surface area contributed by atoms with Crippen LogP contribution in [0.2, 0.25) is 13.1 Å². The second-order valence-corrected chi connectivity index (χ2v) is 30.7. The van der Waals surface area contributed by atoms with Crippen LogP contribution in [0.4, 0.5) is 0 Å². The molecule has 0 aromatic carbocycles. The van der Waals surface area contributed by atoms with Crippen LogP contribution in [-0.2, 0) is 25.7 Å². The number of hydrogen-bond donors (Lipinski definition) is 1. The van der Waals surface area contributed by atoms with E-state index < -0.39 is 26.9 Å². The molecule has 6 heteroatoms. The van der Waals surface area contributed by atoms with Crippen LogP contribution >= 0.6 is 0 Å². The summed E-state index contributed by atoms with van der Waals surface area (Å²) < 4.78 is 5.07. The van der Waals surface area contributed by atoms with Crippen molar-refractivity contribution >= 4 is 11.9 Å². The van der Waals surface area contributed by atoms with Crippen LogP contribution in [0.1, 0.15) is 39.5 Å². The quantitative estimate of drug-likeness (QED) is 0.399. The molecule has 0 aromatic heterocycles. The van der Waals surface area contributed by atoms with Crippen molar-refractivity contribution in [1.29, 1.82) is 0 Å². The number of hydrogen-bond acceptors (Lipinski definition) is 1. The summed E-state index contributed by atoms with van der Waals surface area (Å²) in [5.41, 5.74) is 1.39. The fraction of sp³-hybridized carbons (Fsp3) is 0.615. The first-order valence-electron chi connectivity index (χ1n) is 6.59. The van der Waals surface area contributed by atoms with Gasteiger partial charge in [-0.25, -0.2) is 0 Å². The molecule has 0 saturated carbocycles. The third kappa shape index (κ3) is 7.83. The van der Waals surface area contributed by atoms with Gasteiger partial charge in [-0.15, -0.1) is 0 Å². The Labute approximate surface area is 138 Å². The van der Waals surface area contributed by atoms with Crippen LogP contribution < -0.4 is 28.1 Å². The van der Waals surface area contributed by atoms with E-state index in [2.05, 4.69) is 42.4 Å². The zero-order valence-electron chi connectivity index (χ0n) is 12.2. The van der Waals surface area contributed by atoms with Crippen LogP contribution in [0.5, 0.6) is 0 Å². The van der Waals surface area contributed by atoms with Crippen molar-refractivity contribution in [1.82, 2.24) is 3.30 Å². The molecule has 0 aliphatic heterocycles. The molecule has 0 saturated heterocycles. The molecule has 1 amide bonds. The summed E-state index contributed by atoms with van der Waals surface area (Å²) in [4.78, 5) is 11.9. The first-order valence-corrected chi connectivity index (χ1v) is 19.3. The minimum absolute atomic E-state index is 0. The Morgan fingerprint density at radius 3 is 2.47 bits per heavy atom. The average molecular weight is 488 g/mol. The molecule has 2 nitrogen and oxygen atoms in total. The zero-order valence-corrected chi connectivity index (χ0v) is 18.5. The van der Waals surface area contributed by atoms with Gasteiger partial charge >= 0.3 is 115 Å². The Morgan fingerprint density at radius 2 is 2.05 bits per heavy atom. The normalized spacial score (nSPS) is 13.1. The second kappa shape index (κ2) is 11.3. The van der Waals surface area contributed by atoms with E-state index in [0.29, 0.717) is 5.91 Å². The van der Waals surface area contributed by atoms with Crippen molar-refractivity contribution in [2.45, 2.75) is 52.6 Å². The number of carbonyl (C=O) groups excluding carboxylic acids is 1. The SMILES string of the molecule is CCCCC(=O)[NH][Hf+2]([C]1=CC(C)=CC1)[SiH](C)C.[Cl-].[Cl-]. The summed E-state index contributed by atoms with van der Waals surface area (Å²) >= 11 is -1.95. The molecule has 1 N–H and O–H groups in total. The molecule has 0 unspecified atom stereocenters.